The van der Waals surface area contributed by atoms with Gasteiger partial charge in [0.05, 0.1) is 0 Å². The minimum absolute atomic E-state index is 0.734. The first kappa shape index (κ1) is 8.54. The molecule has 0 saturated heterocycles. The van der Waals surface area contributed by atoms with E-state index in [1.807, 2.05) is 30.3 Å². The molecular formula is C12H8O2. The first-order chi connectivity index (χ1) is 6.90. The second-order valence-electron chi connectivity index (χ2n) is 2.83. The fraction of sp³-hybridized carbons (Fsp3) is 0. The molecule has 0 amide bonds. The topological polar surface area (TPSA) is 30.2 Å². The van der Waals surface area contributed by atoms with Gasteiger partial charge in [-0.15, -0.1) is 0 Å². The molecule has 0 fully saturated rings. The molecule has 0 saturated carbocycles. The van der Waals surface area contributed by atoms with Crippen LogP contribution >= 0.6 is 0 Å². The zero-order valence-electron chi connectivity index (χ0n) is 7.44. The molecule has 0 atom stereocenters. The van der Waals surface area contributed by atoms with Gasteiger partial charge in [-0.2, -0.15) is 0 Å². The third-order valence-corrected chi connectivity index (χ3v) is 1.87. The third kappa shape index (κ3) is 1.65. The first-order valence-electron chi connectivity index (χ1n) is 4.26. The Bertz CT molecular complexity index is 481. The summed E-state index contributed by atoms with van der Waals surface area (Å²) < 4.78 is 5.48. The van der Waals surface area contributed by atoms with Crippen LogP contribution in [0.3, 0.4) is 0 Å². The Kier molecular flexibility index (Phi) is 2.30. The van der Waals surface area contributed by atoms with Crippen molar-refractivity contribution in [1.29, 1.82) is 0 Å². The highest BCUT2D eigenvalue weighted by molar-refractivity contribution is 5.79. The Balaban J connectivity index is 2.40. The van der Waals surface area contributed by atoms with Crippen LogP contribution in [-0.2, 0) is 4.79 Å². The van der Waals surface area contributed by atoms with Gasteiger partial charge in [0.2, 0.25) is 0 Å². The second-order valence-corrected chi connectivity index (χ2v) is 2.83. The molecule has 0 aliphatic heterocycles. The Morgan fingerprint density at radius 2 is 2.14 bits per heavy atom. The lowest BCUT2D eigenvalue weighted by Gasteiger charge is -1.82. The monoisotopic (exact) mass is 184 g/mol. The van der Waals surface area contributed by atoms with E-state index >= 15 is 0 Å². The van der Waals surface area contributed by atoms with Crippen molar-refractivity contribution >= 4 is 23.0 Å². The fourth-order valence-corrected chi connectivity index (χ4v) is 1.27. The van der Waals surface area contributed by atoms with Crippen LogP contribution in [0.1, 0.15) is 5.76 Å². The van der Waals surface area contributed by atoms with Crippen molar-refractivity contribution in [2.45, 2.75) is 0 Å². The van der Waals surface area contributed by atoms with E-state index in [2.05, 4.69) is 0 Å². The highest BCUT2D eigenvalue weighted by Crippen LogP contribution is 2.19. The van der Waals surface area contributed by atoms with Crippen molar-refractivity contribution in [2.75, 3.05) is 0 Å². The van der Waals surface area contributed by atoms with Gasteiger partial charge >= 0.3 is 0 Å². The molecule has 2 rings (SSSR count). The molecule has 2 aromatic rings. The molecule has 1 aromatic heterocycles. The number of hydrogen-bond donors (Lipinski definition) is 0. The van der Waals surface area contributed by atoms with Gasteiger partial charge in [0, 0.05) is 11.5 Å². The van der Waals surface area contributed by atoms with Gasteiger partial charge in [0.15, 0.2) is 0 Å². The maximum Gasteiger partial charge on any atom is 0.134 e. The molecule has 0 radical (unpaired) electrons. The number of para-hydroxylation sites is 1. The SMILES string of the molecule is O=C=C/C=C/c1cc2ccccc2o1. The minimum Gasteiger partial charge on any atom is -0.457 e. The summed E-state index contributed by atoms with van der Waals surface area (Å²) in [6.07, 6.45) is 4.63. The average molecular weight is 184 g/mol. The normalized spacial score (nSPS) is 10.6. The van der Waals surface area contributed by atoms with E-state index in [-0.39, 0.29) is 0 Å². The smallest absolute Gasteiger partial charge is 0.134 e. The zero-order valence-corrected chi connectivity index (χ0v) is 7.44. The van der Waals surface area contributed by atoms with Crippen molar-refractivity contribution in [3.05, 3.63) is 48.2 Å². The predicted octanol–water partition coefficient (Wildman–Crippen LogP) is 2.83. The van der Waals surface area contributed by atoms with Crippen LogP contribution in [-0.4, -0.2) is 5.94 Å². The molecule has 0 aliphatic rings. The Hall–Kier alpha value is -2.05. The zero-order chi connectivity index (χ0) is 9.80. The minimum atomic E-state index is 0.734. The number of furan rings is 1. The van der Waals surface area contributed by atoms with Gasteiger partial charge in [0.1, 0.15) is 17.3 Å². The van der Waals surface area contributed by atoms with Crippen molar-refractivity contribution in [1.82, 2.24) is 0 Å². The van der Waals surface area contributed by atoms with E-state index in [1.165, 1.54) is 6.08 Å². The molecule has 0 aliphatic carbocycles. The number of carbonyl (C=O) groups excluding carboxylic acids is 1. The van der Waals surface area contributed by atoms with Crippen LogP contribution in [0.5, 0.6) is 0 Å². The summed E-state index contributed by atoms with van der Waals surface area (Å²) in [5, 5.41) is 1.06. The van der Waals surface area contributed by atoms with Crippen LogP contribution in [0.4, 0.5) is 0 Å². The first-order valence-corrected chi connectivity index (χ1v) is 4.26. The Morgan fingerprint density at radius 3 is 2.93 bits per heavy atom. The maximum absolute atomic E-state index is 9.90. The van der Waals surface area contributed by atoms with Gasteiger partial charge in [-0.1, -0.05) is 18.2 Å². The lowest BCUT2D eigenvalue weighted by molar-refractivity contribution is 0.569. The maximum atomic E-state index is 9.90. The van der Waals surface area contributed by atoms with Gasteiger partial charge in [-0.05, 0) is 24.3 Å². The summed E-state index contributed by atoms with van der Waals surface area (Å²) in [5.41, 5.74) is 0.849. The van der Waals surface area contributed by atoms with Crippen LogP contribution in [0.15, 0.2) is 46.9 Å². The standard InChI is InChI=1S/C12H8O2/c13-8-4-3-6-11-9-10-5-1-2-7-12(10)14-11/h1-7,9H/b6-3+. The van der Waals surface area contributed by atoms with Crippen LogP contribution in [0, 0.1) is 0 Å². The molecule has 0 spiro atoms. The summed E-state index contributed by atoms with van der Waals surface area (Å²) in [6, 6.07) is 9.68. The molecule has 0 bridgehead atoms. The summed E-state index contributed by atoms with van der Waals surface area (Å²) in [6.45, 7) is 0. The molecule has 1 heterocycles. The van der Waals surface area contributed by atoms with E-state index in [9.17, 15) is 4.79 Å². The van der Waals surface area contributed by atoms with E-state index in [0.717, 1.165) is 16.7 Å². The molecule has 2 heteroatoms. The largest absolute Gasteiger partial charge is 0.457 e. The van der Waals surface area contributed by atoms with E-state index in [4.69, 9.17) is 4.42 Å². The number of rotatable bonds is 2. The Labute approximate surface area is 81.1 Å². The molecule has 0 N–H and O–H groups in total. The van der Waals surface area contributed by atoms with Gasteiger partial charge in [-0.3, -0.25) is 0 Å². The molecule has 14 heavy (non-hydrogen) atoms. The van der Waals surface area contributed by atoms with Crippen LogP contribution in [0.2, 0.25) is 0 Å². The number of fused-ring (bicyclic) bond motifs is 1. The summed E-state index contributed by atoms with van der Waals surface area (Å²) in [4.78, 5) is 9.90. The van der Waals surface area contributed by atoms with Crippen molar-refractivity contribution in [3.63, 3.8) is 0 Å². The van der Waals surface area contributed by atoms with Crippen molar-refractivity contribution < 1.29 is 9.21 Å². The molecule has 1 aromatic carbocycles. The lowest BCUT2D eigenvalue weighted by Crippen LogP contribution is -1.57. The van der Waals surface area contributed by atoms with E-state index < -0.39 is 0 Å². The summed E-state index contributed by atoms with van der Waals surface area (Å²) in [7, 11) is 0. The fourth-order valence-electron chi connectivity index (χ4n) is 1.27. The number of allylic oxidation sites excluding steroid dienone is 2. The van der Waals surface area contributed by atoms with Crippen molar-refractivity contribution in [2.24, 2.45) is 0 Å². The van der Waals surface area contributed by atoms with Gasteiger partial charge in [0.25, 0.3) is 0 Å². The molecule has 68 valence electrons. The molecule has 2 nitrogen and oxygen atoms in total. The molecule has 0 unspecified atom stereocenters. The van der Waals surface area contributed by atoms with E-state index in [0.29, 0.717) is 0 Å². The highest BCUT2D eigenvalue weighted by atomic mass is 16.3. The van der Waals surface area contributed by atoms with Crippen LogP contribution in [0.25, 0.3) is 17.0 Å². The number of benzene rings is 1. The predicted molar refractivity (Wildman–Crippen MR) is 55.5 cm³/mol. The van der Waals surface area contributed by atoms with Gasteiger partial charge in [-0.25, -0.2) is 4.79 Å². The molecular weight excluding hydrogens is 176 g/mol. The summed E-state index contributed by atoms with van der Waals surface area (Å²) in [5.74, 6) is 2.40. The van der Waals surface area contributed by atoms with Gasteiger partial charge < -0.3 is 4.42 Å². The summed E-state index contributed by atoms with van der Waals surface area (Å²) >= 11 is 0. The number of hydrogen-bond acceptors (Lipinski definition) is 2. The highest BCUT2D eigenvalue weighted by Gasteiger charge is 1.97. The second kappa shape index (κ2) is 3.77. The average Bonchev–Trinajstić information content (AvgIpc) is 2.60. The van der Waals surface area contributed by atoms with Crippen molar-refractivity contribution in [3.8, 4) is 0 Å². The quantitative estimate of drug-likeness (QED) is 0.530. The van der Waals surface area contributed by atoms with E-state index in [1.54, 1.807) is 18.1 Å². The van der Waals surface area contributed by atoms with Crippen LogP contribution < -0.4 is 0 Å². The Morgan fingerprint density at radius 1 is 1.29 bits per heavy atom. The third-order valence-electron chi connectivity index (χ3n) is 1.87. The lowest BCUT2D eigenvalue weighted by atomic mass is 10.2.